The van der Waals surface area contributed by atoms with E-state index in [1.165, 1.54) is 71.0 Å². The number of ether oxygens (including phenoxy) is 1. The third-order valence-corrected chi connectivity index (χ3v) is 6.39. The summed E-state index contributed by atoms with van der Waals surface area (Å²) < 4.78 is 5.61. The Morgan fingerprint density at radius 3 is 2.52 bits per heavy atom. The first-order valence-corrected chi connectivity index (χ1v) is 9.45. The van der Waals surface area contributed by atoms with Crippen LogP contribution in [0.2, 0.25) is 0 Å². The summed E-state index contributed by atoms with van der Waals surface area (Å²) in [6.45, 7) is 5.86. The van der Waals surface area contributed by atoms with E-state index in [9.17, 15) is 0 Å². The van der Waals surface area contributed by atoms with Crippen molar-refractivity contribution in [1.82, 2.24) is 10.2 Å². The van der Waals surface area contributed by atoms with Gasteiger partial charge >= 0.3 is 0 Å². The maximum absolute atomic E-state index is 5.61. The average molecular weight is 292 g/mol. The zero-order valence-electron chi connectivity index (χ0n) is 13.4. The van der Waals surface area contributed by atoms with Gasteiger partial charge in [0.05, 0.1) is 6.61 Å². The number of piperazine rings is 1. The summed E-state index contributed by atoms with van der Waals surface area (Å²) in [5.74, 6) is 2.74. The Balaban J connectivity index is 1.38. The highest BCUT2D eigenvalue weighted by Gasteiger charge is 2.41. The van der Waals surface area contributed by atoms with Gasteiger partial charge in [0, 0.05) is 38.3 Å². The summed E-state index contributed by atoms with van der Waals surface area (Å²) in [6, 6.07) is 1.59. The summed E-state index contributed by atoms with van der Waals surface area (Å²) in [6.07, 6.45) is 11.6. The Hall–Kier alpha value is -0.120. The van der Waals surface area contributed by atoms with E-state index in [0.29, 0.717) is 0 Å². The minimum atomic E-state index is 0.766. The first-order valence-electron chi connectivity index (χ1n) is 9.45. The van der Waals surface area contributed by atoms with E-state index >= 15 is 0 Å². The fourth-order valence-electron chi connectivity index (χ4n) is 4.92. The smallest absolute Gasteiger partial charge is 0.0507 e. The second kappa shape index (κ2) is 6.55. The second-order valence-electron chi connectivity index (χ2n) is 8.00. The third-order valence-electron chi connectivity index (χ3n) is 6.39. The Kier molecular flexibility index (Phi) is 4.52. The normalized spacial score (nSPS) is 39.7. The van der Waals surface area contributed by atoms with E-state index in [4.69, 9.17) is 4.74 Å². The molecule has 3 nitrogen and oxygen atoms in total. The molecule has 2 heterocycles. The van der Waals surface area contributed by atoms with Crippen molar-refractivity contribution in [3.63, 3.8) is 0 Å². The zero-order chi connectivity index (χ0) is 14.1. The molecule has 2 aliphatic carbocycles. The minimum Gasteiger partial charge on any atom is -0.381 e. The first-order chi connectivity index (χ1) is 10.4. The van der Waals surface area contributed by atoms with E-state index in [0.717, 1.165) is 43.1 Å². The highest BCUT2D eigenvalue weighted by molar-refractivity contribution is 4.97. The van der Waals surface area contributed by atoms with E-state index < -0.39 is 0 Å². The molecule has 0 aromatic rings. The van der Waals surface area contributed by atoms with Crippen LogP contribution < -0.4 is 5.32 Å². The van der Waals surface area contributed by atoms with Crippen LogP contribution in [0.4, 0.5) is 0 Å². The zero-order valence-corrected chi connectivity index (χ0v) is 13.4. The Morgan fingerprint density at radius 2 is 1.81 bits per heavy atom. The lowest BCUT2D eigenvalue weighted by Gasteiger charge is -2.45. The molecule has 2 aliphatic heterocycles. The van der Waals surface area contributed by atoms with Gasteiger partial charge in [0.2, 0.25) is 0 Å². The maximum atomic E-state index is 5.61. The fraction of sp³-hybridized carbons (Fsp3) is 1.00. The van der Waals surface area contributed by atoms with Crippen molar-refractivity contribution in [3.8, 4) is 0 Å². The molecule has 1 N–H and O–H groups in total. The summed E-state index contributed by atoms with van der Waals surface area (Å²) in [5.41, 5.74) is 0. The van der Waals surface area contributed by atoms with Gasteiger partial charge in [-0.05, 0) is 49.9 Å². The molecule has 0 aromatic heterocycles. The molecule has 0 aromatic carbocycles. The lowest BCUT2D eigenvalue weighted by Crippen LogP contribution is -2.60. The minimum absolute atomic E-state index is 0.766. The number of hydrogen-bond acceptors (Lipinski definition) is 3. The Bertz CT molecular complexity index is 332. The van der Waals surface area contributed by atoms with Gasteiger partial charge in [-0.2, -0.15) is 0 Å². The highest BCUT2D eigenvalue weighted by Crippen LogP contribution is 2.38. The van der Waals surface area contributed by atoms with E-state index in [2.05, 4.69) is 10.2 Å². The SMILES string of the molecule is C1CCC(C2CN(CC3CCOC3)C(C3CC3)CN2)CC1. The van der Waals surface area contributed by atoms with Crippen molar-refractivity contribution in [2.24, 2.45) is 17.8 Å². The summed E-state index contributed by atoms with van der Waals surface area (Å²) in [7, 11) is 0. The van der Waals surface area contributed by atoms with Crippen LogP contribution in [-0.4, -0.2) is 49.8 Å². The van der Waals surface area contributed by atoms with Gasteiger partial charge in [-0.25, -0.2) is 0 Å². The summed E-state index contributed by atoms with van der Waals surface area (Å²) in [5, 5.41) is 3.94. The van der Waals surface area contributed by atoms with Crippen molar-refractivity contribution in [1.29, 1.82) is 0 Å². The molecule has 3 heteroatoms. The molecular formula is C18H32N2O. The topological polar surface area (TPSA) is 24.5 Å². The van der Waals surface area contributed by atoms with Crippen molar-refractivity contribution < 1.29 is 4.74 Å². The van der Waals surface area contributed by atoms with Crippen LogP contribution in [0.1, 0.15) is 51.4 Å². The van der Waals surface area contributed by atoms with Crippen LogP contribution >= 0.6 is 0 Å². The van der Waals surface area contributed by atoms with Gasteiger partial charge in [0.15, 0.2) is 0 Å². The molecule has 120 valence electrons. The lowest BCUT2D eigenvalue weighted by atomic mass is 9.82. The van der Waals surface area contributed by atoms with Gasteiger partial charge in [-0.3, -0.25) is 4.90 Å². The van der Waals surface area contributed by atoms with Crippen molar-refractivity contribution in [3.05, 3.63) is 0 Å². The van der Waals surface area contributed by atoms with Crippen LogP contribution in [0.3, 0.4) is 0 Å². The van der Waals surface area contributed by atoms with E-state index in [-0.39, 0.29) is 0 Å². The molecule has 0 radical (unpaired) electrons. The van der Waals surface area contributed by atoms with Gasteiger partial charge in [0.25, 0.3) is 0 Å². The van der Waals surface area contributed by atoms with Crippen LogP contribution in [0.5, 0.6) is 0 Å². The largest absolute Gasteiger partial charge is 0.381 e. The summed E-state index contributed by atoms with van der Waals surface area (Å²) in [4.78, 5) is 2.87. The van der Waals surface area contributed by atoms with Crippen molar-refractivity contribution in [2.75, 3.05) is 32.8 Å². The molecule has 2 saturated carbocycles. The van der Waals surface area contributed by atoms with Gasteiger partial charge < -0.3 is 10.1 Å². The average Bonchev–Trinajstić information content (AvgIpc) is 3.25. The Morgan fingerprint density at radius 1 is 0.952 bits per heavy atom. The van der Waals surface area contributed by atoms with Gasteiger partial charge in [0.1, 0.15) is 0 Å². The van der Waals surface area contributed by atoms with E-state index in [1.54, 1.807) is 0 Å². The predicted octanol–water partition coefficient (Wildman–Crippen LogP) is 2.66. The van der Waals surface area contributed by atoms with Crippen LogP contribution in [0, 0.1) is 17.8 Å². The highest BCUT2D eigenvalue weighted by atomic mass is 16.5. The van der Waals surface area contributed by atoms with Crippen molar-refractivity contribution in [2.45, 2.75) is 63.5 Å². The fourth-order valence-corrected chi connectivity index (χ4v) is 4.92. The molecule has 21 heavy (non-hydrogen) atoms. The van der Waals surface area contributed by atoms with Gasteiger partial charge in [-0.15, -0.1) is 0 Å². The molecule has 0 bridgehead atoms. The first kappa shape index (κ1) is 14.5. The van der Waals surface area contributed by atoms with Crippen LogP contribution in [-0.2, 0) is 4.74 Å². The second-order valence-corrected chi connectivity index (χ2v) is 8.00. The third kappa shape index (κ3) is 3.46. The maximum Gasteiger partial charge on any atom is 0.0507 e. The molecule has 2 saturated heterocycles. The molecule has 4 aliphatic rings. The van der Waals surface area contributed by atoms with Crippen LogP contribution in [0.15, 0.2) is 0 Å². The summed E-state index contributed by atoms with van der Waals surface area (Å²) >= 11 is 0. The molecule has 4 rings (SSSR count). The molecule has 0 spiro atoms. The predicted molar refractivity (Wildman–Crippen MR) is 85.4 cm³/mol. The molecule has 3 unspecified atom stereocenters. The van der Waals surface area contributed by atoms with E-state index in [1.807, 2.05) is 0 Å². The molecule has 4 fully saturated rings. The number of rotatable bonds is 4. The monoisotopic (exact) mass is 292 g/mol. The Labute approximate surface area is 129 Å². The van der Waals surface area contributed by atoms with Crippen LogP contribution in [0.25, 0.3) is 0 Å². The number of nitrogens with zero attached hydrogens (tertiary/aromatic N) is 1. The standard InChI is InChI=1S/C18H32N2O/c1-2-4-15(5-3-1)17-12-20(11-14-8-9-21-13-14)18(10-19-17)16-6-7-16/h14-19H,1-13H2. The quantitative estimate of drug-likeness (QED) is 0.862. The lowest BCUT2D eigenvalue weighted by molar-refractivity contribution is 0.0671. The molecule has 3 atom stereocenters. The van der Waals surface area contributed by atoms with Crippen molar-refractivity contribution >= 4 is 0 Å². The molecular weight excluding hydrogens is 260 g/mol. The number of nitrogens with one attached hydrogen (secondary N) is 1. The molecule has 0 amide bonds. The number of hydrogen-bond donors (Lipinski definition) is 1. The van der Waals surface area contributed by atoms with Gasteiger partial charge in [-0.1, -0.05) is 19.3 Å².